The van der Waals surface area contributed by atoms with E-state index in [-0.39, 0.29) is 61.7 Å². The number of hydrogen-bond donors (Lipinski definition) is 2. The van der Waals surface area contributed by atoms with Crippen LogP contribution < -0.4 is 15.2 Å². The van der Waals surface area contributed by atoms with Crippen LogP contribution in [0.3, 0.4) is 0 Å². The highest BCUT2D eigenvalue weighted by atomic mass is 16.7. The van der Waals surface area contributed by atoms with Gasteiger partial charge in [-0.2, -0.15) is 0 Å². The lowest BCUT2D eigenvalue weighted by atomic mass is 9.86. The Bertz CT molecular complexity index is 959. The number of carboxylic acids is 1. The highest BCUT2D eigenvalue weighted by molar-refractivity contribution is 5.79. The molecule has 0 saturated carbocycles. The molecule has 1 aromatic carbocycles. The van der Waals surface area contributed by atoms with Crippen molar-refractivity contribution in [3.63, 3.8) is 0 Å². The van der Waals surface area contributed by atoms with Crippen LogP contribution in [0.2, 0.25) is 0 Å². The number of carboxylic acid groups (broad SMARTS) is 1. The number of rotatable bonds is 14. The van der Waals surface area contributed by atoms with Gasteiger partial charge < -0.3 is 34.5 Å². The van der Waals surface area contributed by atoms with Gasteiger partial charge in [0.1, 0.15) is 11.6 Å². The van der Waals surface area contributed by atoms with Gasteiger partial charge in [-0.25, -0.2) is 9.59 Å². The topological polar surface area (TPSA) is 161 Å². The van der Waals surface area contributed by atoms with E-state index in [0.717, 1.165) is 0 Å². The molecule has 0 spiro atoms. The van der Waals surface area contributed by atoms with E-state index in [9.17, 15) is 24.3 Å². The lowest BCUT2D eigenvalue weighted by Crippen LogP contribution is -2.52. The number of hydrogen-bond acceptors (Lipinski definition) is 10. The number of carbonyl (C=O) groups excluding carboxylic acids is 3. The molecule has 0 radical (unpaired) electrons. The molecule has 11 nitrogen and oxygen atoms in total. The molecule has 214 valence electrons. The number of esters is 1. The molecule has 0 aliphatic carbocycles. The van der Waals surface area contributed by atoms with Gasteiger partial charge in [-0.15, -0.1) is 0 Å². The molecule has 1 rings (SSSR count). The smallest absolute Gasteiger partial charge is 0.480 e. The summed E-state index contributed by atoms with van der Waals surface area (Å²) in [6, 6.07) is 4.16. The lowest BCUT2D eigenvalue weighted by molar-refractivity contribution is -0.154. The summed E-state index contributed by atoms with van der Waals surface area (Å²) in [7, 11) is 0. The zero-order chi connectivity index (χ0) is 29.0. The molecule has 0 fully saturated rings. The lowest BCUT2D eigenvalue weighted by Gasteiger charge is -2.28. The molecule has 0 amide bonds. The van der Waals surface area contributed by atoms with Crippen LogP contribution in [-0.4, -0.2) is 54.2 Å². The van der Waals surface area contributed by atoms with E-state index in [1.54, 1.807) is 6.92 Å². The normalized spacial score (nSPS) is 13.6. The molecule has 2 atom stereocenters. The van der Waals surface area contributed by atoms with Crippen molar-refractivity contribution in [1.29, 1.82) is 0 Å². The van der Waals surface area contributed by atoms with Crippen LogP contribution in [0.5, 0.6) is 11.5 Å². The highest BCUT2D eigenvalue weighted by Gasteiger charge is 2.37. The predicted octanol–water partition coefficient (Wildman–Crippen LogP) is 4.72. The van der Waals surface area contributed by atoms with Crippen LogP contribution >= 0.6 is 0 Å². The molecule has 1 unspecified atom stereocenters. The van der Waals surface area contributed by atoms with Gasteiger partial charge in [0, 0.05) is 19.3 Å². The molecule has 11 heteroatoms. The average molecular weight is 540 g/mol. The number of ether oxygens (including phenoxy) is 5. The molecule has 0 aliphatic rings. The second-order valence-corrected chi connectivity index (χ2v) is 10.6. The Morgan fingerprint density at radius 2 is 1.37 bits per heavy atom. The third-order valence-electron chi connectivity index (χ3n) is 4.97. The molecule has 0 saturated heterocycles. The maximum atomic E-state index is 12.2. The molecule has 38 heavy (non-hydrogen) atoms. The van der Waals surface area contributed by atoms with Crippen molar-refractivity contribution in [3.8, 4) is 11.5 Å². The Morgan fingerprint density at radius 3 is 1.84 bits per heavy atom. The number of aliphatic carboxylic acids is 1. The van der Waals surface area contributed by atoms with Gasteiger partial charge in [-0.1, -0.05) is 47.6 Å². The Morgan fingerprint density at radius 1 is 0.842 bits per heavy atom. The maximum absolute atomic E-state index is 12.2. The maximum Gasteiger partial charge on any atom is 0.513 e. The van der Waals surface area contributed by atoms with Crippen molar-refractivity contribution in [2.45, 2.75) is 79.4 Å². The van der Waals surface area contributed by atoms with Crippen LogP contribution in [0.1, 0.15) is 66.9 Å². The van der Waals surface area contributed by atoms with Crippen molar-refractivity contribution in [3.05, 3.63) is 23.8 Å². The van der Waals surface area contributed by atoms with Gasteiger partial charge in [0.25, 0.3) is 0 Å². The van der Waals surface area contributed by atoms with Gasteiger partial charge in [-0.05, 0) is 42.4 Å². The zero-order valence-corrected chi connectivity index (χ0v) is 23.3. The second-order valence-electron chi connectivity index (χ2n) is 10.6. The summed E-state index contributed by atoms with van der Waals surface area (Å²) < 4.78 is 25.8. The van der Waals surface area contributed by atoms with Crippen LogP contribution in [0, 0.1) is 17.8 Å². The predicted molar refractivity (Wildman–Crippen MR) is 138 cm³/mol. The quantitative estimate of drug-likeness (QED) is 0.191. The average Bonchev–Trinajstić information content (AvgIpc) is 2.77. The minimum Gasteiger partial charge on any atom is -0.480 e. The summed E-state index contributed by atoms with van der Waals surface area (Å²) in [5.74, 6) is -1.83. The minimum atomic E-state index is -1.81. The summed E-state index contributed by atoms with van der Waals surface area (Å²) in [5.41, 5.74) is 4.79. The van der Waals surface area contributed by atoms with E-state index >= 15 is 0 Å². The van der Waals surface area contributed by atoms with Gasteiger partial charge in [-0.3, -0.25) is 9.59 Å². The Kier molecular flexibility index (Phi) is 13.0. The summed E-state index contributed by atoms with van der Waals surface area (Å²) in [5, 5.41) is 9.88. The first kappa shape index (κ1) is 32.7. The van der Waals surface area contributed by atoms with Gasteiger partial charge >= 0.3 is 24.2 Å². The first-order valence-corrected chi connectivity index (χ1v) is 12.6. The second kappa shape index (κ2) is 15.2. The van der Waals surface area contributed by atoms with E-state index < -0.39 is 35.9 Å². The third-order valence-corrected chi connectivity index (χ3v) is 4.97. The fourth-order valence-electron chi connectivity index (χ4n) is 3.29. The molecule has 1 aromatic rings. The largest absolute Gasteiger partial charge is 0.513 e. The van der Waals surface area contributed by atoms with Crippen molar-refractivity contribution in [2.24, 2.45) is 23.5 Å². The van der Waals surface area contributed by atoms with Gasteiger partial charge in [0.15, 0.2) is 11.5 Å². The van der Waals surface area contributed by atoms with E-state index in [4.69, 9.17) is 29.4 Å². The fourth-order valence-corrected chi connectivity index (χ4v) is 3.29. The monoisotopic (exact) mass is 539 g/mol. The van der Waals surface area contributed by atoms with Crippen molar-refractivity contribution in [2.75, 3.05) is 13.2 Å². The highest BCUT2D eigenvalue weighted by Crippen LogP contribution is 2.31. The minimum absolute atomic E-state index is 0.0562. The Balaban J connectivity index is 3.15. The molecule has 0 aliphatic heterocycles. The first-order valence-electron chi connectivity index (χ1n) is 12.6. The van der Waals surface area contributed by atoms with Crippen molar-refractivity contribution < 1.29 is 48.0 Å². The Hall–Kier alpha value is -3.34. The molecular formula is C27H41NO10. The molecular weight excluding hydrogens is 498 g/mol. The summed E-state index contributed by atoms with van der Waals surface area (Å²) in [6.07, 6.45) is -2.96. The zero-order valence-electron chi connectivity index (χ0n) is 23.3. The molecule has 0 heterocycles. The van der Waals surface area contributed by atoms with Crippen LogP contribution in [0.25, 0.3) is 0 Å². The molecule has 3 N–H and O–H groups in total. The number of benzene rings is 1. The fraction of sp³-hybridized carbons (Fsp3) is 0.630. The van der Waals surface area contributed by atoms with Gasteiger partial charge in [0.05, 0.1) is 13.2 Å². The SMILES string of the molecule is CC(C)COC(=O)Oc1ccc(CC(N)(C[C@H](C)OC(=O)CC(C)C)C(=O)O)cc1OC(=O)OCC(C)C. The molecule has 0 bridgehead atoms. The number of nitrogens with two attached hydrogens (primary N) is 1. The van der Waals surface area contributed by atoms with Crippen LogP contribution in [0.15, 0.2) is 18.2 Å². The van der Waals surface area contributed by atoms with E-state index in [1.807, 2.05) is 41.5 Å². The Labute approximate surface area is 223 Å². The molecule has 0 aromatic heterocycles. The van der Waals surface area contributed by atoms with E-state index in [1.165, 1.54) is 18.2 Å². The van der Waals surface area contributed by atoms with Gasteiger partial charge in [0.2, 0.25) is 0 Å². The van der Waals surface area contributed by atoms with Crippen LogP contribution in [0.4, 0.5) is 9.59 Å². The first-order chi connectivity index (χ1) is 17.6. The van der Waals surface area contributed by atoms with E-state index in [2.05, 4.69) is 0 Å². The summed E-state index contributed by atoms with van der Waals surface area (Å²) in [4.78, 5) is 48.4. The standard InChI is InChI=1S/C27H41NO10/c1-16(2)10-23(29)36-19(7)12-27(28,24(30)31)13-20-8-9-21(37-25(32)34-14-17(3)4)22(11-20)38-26(33)35-15-18(5)6/h8-9,11,16-19H,10,12-15,28H2,1-7H3,(H,30,31)/t19-,27?/m0/s1. The van der Waals surface area contributed by atoms with Crippen molar-refractivity contribution in [1.82, 2.24) is 0 Å². The summed E-state index contributed by atoms with van der Waals surface area (Å²) >= 11 is 0. The number of carbonyl (C=O) groups is 4. The van der Waals surface area contributed by atoms with E-state index in [0.29, 0.717) is 5.56 Å². The van der Waals surface area contributed by atoms with Crippen molar-refractivity contribution >= 4 is 24.2 Å². The van der Waals surface area contributed by atoms with Crippen LogP contribution in [-0.2, 0) is 30.2 Å². The summed E-state index contributed by atoms with van der Waals surface area (Å²) in [6.45, 7) is 12.9. The third kappa shape index (κ3) is 12.3.